The van der Waals surface area contributed by atoms with E-state index in [9.17, 15) is 4.39 Å². The molecule has 0 fully saturated rings. The second-order valence-corrected chi connectivity index (χ2v) is 5.17. The van der Waals surface area contributed by atoms with Crippen LogP contribution in [0.25, 0.3) is 0 Å². The molecule has 0 heterocycles. The highest BCUT2D eigenvalue weighted by Crippen LogP contribution is 2.38. The predicted octanol–water partition coefficient (Wildman–Crippen LogP) is 4.27. The van der Waals surface area contributed by atoms with E-state index in [1.807, 2.05) is 25.1 Å². The van der Waals surface area contributed by atoms with Gasteiger partial charge in [-0.15, -0.1) is 11.6 Å². The van der Waals surface area contributed by atoms with Crippen LogP contribution < -0.4 is 0 Å². The second kappa shape index (κ2) is 7.21. The summed E-state index contributed by atoms with van der Waals surface area (Å²) in [4.78, 5) is 0. The number of ether oxygens (including phenoxy) is 2. The topological polar surface area (TPSA) is 18.5 Å². The zero-order chi connectivity index (χ0) is 15.3. The number of benzene rings is 1. The van der Waals surface area contributed by atoms with Crippen molar-refractivity contribution in [2.24, 2.45) is 0 Å². The Morgan fingerprint density at radius 3 is 2.76 bits per heavy atom. The van der Waals surface area contributed by atoms with Crippen LogP contribution in [0.15, 0.2) is 42.5 Å². The molecule has 1 aliphatic carbocycles. The van der Waals surface area contributed by atoms with Crippen LogP contribution in [-0.4, -0.2) is 19.9 Å². The molecule has 1 aromatic rings. The van der Waals surface area contributed by atoms with Gasteiger partial charge in [0.2, 0.25) is 0 Å². The number of methoxy groups -OCH3 is 1. The van der Waals surface area contributed by atoms with Crippen LogP contribution >= 0.6 is 11.6 Å². The third kappa shape index (κ3) is 3.20. The molecular formula is C17H20ClFO2. The summed E-state index contributed by atoms with van der Waals surface area (Å²) in [6.07, 6.45) is 5.51. The van der Waals surface area contributed by atoms with E-state index in [-0.39, 0.29) is 0 Å². The predicted molar refractivity (Wildman–Crippen MR) is 83.2 cm³/mol. The van der Waals surface area contributed by atoms with Crippen LogP contribution in [0.4, 0.5) is 4.39 Å². The minimum absolute atomic E-state index is 0.409. The first-order valence-electron chi connectivity index (χ1n) is 6.99. The average Bonchev–Trinajstić information content (AvgIpc) is 2.53. The lowest BCUT2D eigenvalue weighted by atomic mass is 9.82. The van der Waals surface area contributed by atoms with E-state index in [2.05, 4.69) is 0 Å². The van der Waals surface area contributed by atoms with Crippen LogP contribution in [0.1, 0.15) is 23.6 Å². The van der Waals surface area contributed by atoms with E-state index < -0.39 is 11.8 Å². The number of halogens is 2. The summed E-state index contributed by atoms with van der Waals surface area (Å²) in [6.45, 7) is 2.93. The first-order valence-corrected chi connectivity index (χ1v) is 7.52. The molecule has 2 unspecified atom stereocenters. The Hall–Kier alpha value is -1.16. The Morgan fingerprint density at radius 2 is 2.14 bits per heavy atom. The number of hydrogen-bond donors (Lipinski definition) is 0. The molecule has 1 aliphatic rings. The highest BCUT2D eigenvalue weighted by molar-refractivity contribution is 6.17. The molecule has 2 rings (SSSR count). The van der Waals surface area contributed by atoms with Gasteiger partial charge in [-0.05, 0) is 35.8 Å². The van der Waals surface area contributed by atoms with Gasteiger partial charge >= 0.3 is 0 Å². The van der Waals surface area contributed by atoms with E-state index >= 15 is 0 Å². The number of rotatable bonds is 6. The molecular weight excluding hydrogens is 291 g/mol. The summed E-state index contributed by atoms with van der Waals surface area (Å²) in [6, 6.07) is 5.74. The Labute approximate surface area is 130 Å². The third-order valence-electron chi connectivity index (χ3n) is 3.69. The van der Waals surface area contributed by atoms with E-state index in [4.69, 9.17) is 21.1 Å². The fourth-order valence-corrected chi connectivity index (χ4v) is 2.73. The summed E-state index contributed by atoms with van der Waals surface area (Å²) < 4.78 is 25.6. The lowest BCUT2D eigenvalue weighted by Gasteiger charge is -2.35. The van der Waals surface area contributed by atoms with Crippen molar-refractivity contribution in [2.75, 3.05) is 13.7 Å². The molecule has 0 spiro atoms. The van der Waals surface area contributed by atoms with Crippen molar-refractivity contribution >= 4 is 11.6 Å². The monoisotopic (exact) mass is 310 g/mol. The molecule has 21 heavy (non-hydrogen) atoms. The van der Waals surface area contributed by atoms with Crippen molar-refractivity contribution < 1.29 is 13.9 Å². The standard InChI is InChI=1S/C17H20ClFO2/c1-3-21-12-14-10-13(11-18)7-8-15(14)17(20-2)9-5-4-6-16(17)19/h4-10,16H,3,11-12H2,1-2H3. The van der Waals surface area contributed by atoms with Crippen LogP contribution in [0.3, 0.4) is 0 Å². The number of alkyl halides is 2. The second-order valence-electron chi connectivity index (χ2n) is 4.91. The van der Waals surface area contributed by atoms with Crippen LogP contribution in [0, 0.1) is 0 Å². The maximum absolute atomic E-state index is 14.5. The number of hydrogen-bond acceptors (Lipinski definition) is 2. The average molecular weight is 311 g/mol. The summed E-state index contributed by atoms with van der Waals surface area (Å²) in [5.74, 6) is 0.411. The zero-order valence-corrected chi connectivity index (χ0v) is 13.1. The van der Waals surface area contributed by atoms with Crippen LogP contribution in [0.2, 0.25) is 0 Å². The maximum Gasteiger partial charge on any atom is 0.155 e. The normalized spacial score (nSPS) is 24.5. The summed E-state index contributed by atoms with van der Waals surface area (Å²) >= 11 is 5.90. The molecule has 0 bridgehead atoms. The van der Waals surface area contributed by atoms with Crippen molar-refractivity contribution in [1.29, 1.82) is 0 Å². The summed E-state index contributed by atoms with van der Waals surface area (Å²) in [7, 11) is 1.52. The molecule has 0 amide bonds. The van der Waals surface area contributed by atoms with E-state index in [0.717, 1.165) is 16.7 Å². The van der Waals surface area contributed by atoms with Crippen LogP contribution in [-0.2, 0) is 27.6 Å². The maximum atomic E-state index is 14.5. The SMILES string of the molecule is CCOCc1cc(CCl)ccc1C1(OC)C=CC=CC1F. The van der Waals surface area contributed by atoms with E-state index in [1.165, 1.54) is 13.2 Å². The first-order chi connectivity index (χ1) is 10.2. The Kier molecular flexibility index (Phi) is 5.57. The largest absolute Gasteiger partial charge is 0.377 e. The van der Waals surface area contributed by atoms with Crippen molar-refractivity contribution in [1.82, 2.24) is 0 Å². The van der Waals surface area contributed by atoms with E-state index in [0.29, 0.717) is 19.1 Å². The van der Waals surface area contributed by atoms with Gasteiger partial charge in [-0.3, -0.25) is 0 Å². The Bertz CT molecular complexity index is 542. The molecule has 114 valence electrons. The zero-order valence-electron chi connectivity index (χ0n) is 12.3. The van der Waals surface area contributed by atoms with Gasteiger partial charge < -0.3 is 9.47 Å². The quantitative estimate of drug-likeness (QED) is 0.731. The van der Waals surface area contributed by atoms with Crippen molar-refractivity contribution in [3.8, 4) is 0 Å². The molecule has 0 radical (unpaired) electrons. The van der Waals surface area contributed by atoms with Crippen molar-refractivity contribution in [2.45, 2.75) is 31.2 Å². The van der Waals surface area contributed by atoms with Crippen LogP contribution in [0.5, 0.6) is 0 Å². The van der Waals surface area contributed by atoms with E-state index in [1.54, 1.807) is 18.2 Å². The molecule has 2 atom stereocenters. The summed E-state index contributed by atoms with van der Waals surface area (Å²) in [5, 5.41) is 0. The first kappa shape index (κ1) is 16.2. The van der Waals surface area contributed by atoms with Gasteiger partial charge in [0.25, 0.3) is 0 Å². The fourth-order valence-electron chi connectivity index (χ4n) is 2.57. The van der Waals surface area contributed by atoms with Gasteiger partial charge in [0.15, 0.2) is 6.17 Å². The smallest absolute Gasteiger partial charge is 0.155 e. The molecule has 0 saturated heterocycles. The molecule has 0 saturated carbocycles. The lowest BCUT2D eigenvalue weighted by Crippen LogP contribution is -2.38. The van der Waals surface area contributed by atoms with Gasteiger partial charge in [0.05, 0.1) is 6.61 Å². The van der Waals surface area contributed by atoms with Gasteiger partial charge in [-0.25, -0.2) is 4.39 Å². The summed E-state index contributed by atoms with van der Waals surface area (Å²) in [5.41, 5.74) is 1.55. The molecule has 0 aromatic heterocycles. The molecule has 1 aromatic carbocycles. The van der Waals surface area contributed by atoms with Gasteiger partial charge in [-0.1, -0.05) is 30.4 Å². The Balaban J connectivity index is 2.49. The fraction of sp³-hybridized carbons (Fsp3) is 0.412. The van der Waals surface area contributed by atoms with Gasteiger partial charge in [0, 0.05) is 19.6 Å². The Morgan fingerprint density at radius 1 is 1.33 bits per heavy atom. The van der Waals surface area contributed by atoms with Gasteiger partial charge in [-0.2, -0.15) is 0 Å². The molecule has 2 nitrogen and oxygen atoms in total. The van der Waals surface area contributed by atoms with Crippen molar-refractivity contribution in [3.63, 3.8) is 0 Å². The highest BCUT2D eigenvalue weighted by atomic mass is 35.5. The molecule has 0 aliphatic heterocycles. The lowest BCUT2D eigenvalue weighted by molar-refractivity contribution is -0.0229. The molecule has 4 heteroatoms. The number of allylic oxidation sites excluding steroid dienone is 2. The highest BCUT2D eigenvalue weighted by Gasteiger charge is 2.40. The van der Waals surface area contributed by atoms with Crippen molar-refractivity contribution in [3.05, 3.63) is 59.2 Å². The minimum atomic E-state index is -1.24. The third-order valence-corrected chi connectivity index (χ3v) is 4.00. The molecule has 0 N–H and O–H groups in total. The van der Waals surface area contributed by atoms with Gasteiger partial charge in [0.1, 0.15) is 5.60 Å². The minimum Gasteiger partial charge on any atom is -0.377 e.